The van der Waals surface area contributed by atoms with Gasteiger partial charge in [-0.15, -0.1) is 0 Å². The first-order valence-electron chi connectivity index (χ1n) is 5.65. The van der Waals surface area contributed by atoms with Gasteiger partial charge in [-0.2, -0.15) is 0 Å². The number of carbonyl (C=O) groups is 6. The Hall–Kier alpha value is -3.56. The molecule has 0 bridgehead atoms. The molecule has 1 aromatic rings. The Morgan fingerprint density at radius 2 is 0.955 bits per heavy atom. The van der Waals surface area contributed by atoms with Crippen LogP contribution in [-0.4, -0.2) is 47.5 Å². The Bertz CT molecular complexity index is 531. The molecule has 0 aliphatic heterocycles. The van der Waals surface area contributed by atoms with E-state index in [0.717, 1.165) is 0 Å². The van der Waals surface area contributed by atoms with Crippen LogP contribution >= 0.6 is 0 Å². The number of hydrogen-bond donors (Lipinski definition) is 2. The van der Waals surface area contributed by atoms with Crippen molar-refractivity contribution in [2.24, 2.45) is 0 Å². The largest absolute Gasteiger partial charge is 0.335 e. The summed E-state index contributed by atoms with van der Waals surface area (Å²) < 4.78 is 0. The van der Waals surface area contributed by atoms with Crippen LogP contribution in [0.25, 0.3) is 0 Å². The predicted octanol–water partition coefficient (Wildman–Crippen LogP) is -0.0200. The van der Waals surface area contributed by atoms with Crippen LogP contribution in [0.3, 0.4) is 0 Å². The van der Waals surface area contributed by atoms with Gasteiger partial charge in [-0.3, -0.25) is 19.2 Å². The quantitative estimate of drug-likeness (QED) is 0.709. The number of urea groups is 2. The van der Waals surface area contributed by atoms with E-state index in [-0.39, 0.29) is 46.8 Å². The summed E-state index contributed by atoms with van der Waals surface area (Å²) >= 11 is 0. The minimum Gasteiger partial charge on any atom is -0.307 e. The first kappa shape index (κ1) is 16.5. The summed E-state index contributed by atoms with van der Waals surface area (Å²) in [6.07, 6.45) is 0.184. The summed E-state index contributed by atoms with van der Waals surface area (Å²) in [5.41, 5.74) is 0.499. The Balaban J connectivity index is 2.71. The predicted molar refractivity (Wildman–Crippen MR) is 72.4 cm³/mol. The number of rotatable bonds is 6. The van der Waals surface area contributed by atoms with Crippen molar-refractivity contribution in [1.82, 2.24) is 9.80 Å². The zero-order chi connectivity index (χ0) is 16.5. The van der Waals surface area contributed by atoms with Crippen LogP contribution in [0.4, 0.5) is 21.0 Å². The molecule has 0 aliphatic carbocycles. The number of nitrogens with zero attached hydrogens (tertiary/aromatic N) is 2. The molecular formula is C12H10N4O6. The van der Waals surface area contributed by atoms with Gasteiger partial charge in [-0.05, 0) is 24.3 Å². The van der Waals surface area contributed by atoms with Crippen LogP contribution in [0.15, 0.2) is 24.3 Å². The normalized spacial score (nSPS) is 9.09. The minimum absolute atomic E-state index is 0.0460. The Kier molecular flexibility index (Phi) is 5.92. The standard InChI is InChI=1S/C12H10N4O6/c17-5-15(6-18)11(21)13-9-1-2-10(4-3-9)14-12(22)16(7-19)8-20/h1-8H,(H,13,21)(H,14,22). The van der Waals surface area contributed by atoms with Crippen LogP contribution < -0.4 is 10.6 Å². The molecular weight excluding hydrogens is 296 g/mol. The van der Waals surface area contributed by atoms with Gasteiger partial charge in [0.15, 0.2) is 0 Å². The highest BCUT2D eigenvalue weighted by Crippen LogP contribution is 2.14. The molecule has 0 spiro atoms. The maximum Gasteiger partial charge on any atom is 0.335 e. The van der Waals surface area contributed by atoms with E-state index in [0.29, 0.717) is 0 Å². The zero-order valence-electron chi connectivity index (χ0n) is 11.0. The van der Waals surface area contributed by atoms with E-state index < -0.39 is 12.1 Å². The van der Waals surface area contributed by atoms with E-state index in [1.165, 1.54) is 24.3 Å². The topological polar surface area (TPSA) is 133 Å². The number of amides is 8. The average Bonchev–Trinajstić information content (AvgIpc) is 2.51. The third-order valence-electron chi connectivity index (χ3n) is 2.31. The van der Waals surface area contributed by atoms with E-state index >= 15 is 0 Å². The number of benzene rings is 1. The first-order valence-corrected chi connectivity index (χ1v) is 5.65. The third-order valence-corrected chi connectivity index (χ3v) is 2.31. The first-order chi connectivity index (χ1) is 10.5. The highest BCUT2D eigenvalue weighted by Gasteiger charge is 2.13. The van der Waals surface area contributed by atoms with E-state index in [1.807, 2.05) is 0 Å². The second kappa shape index (κ2) is 7.89. The maximum absolute atomic E-state index is 11.4. The Morgan fingerprint density at radius 3 is 1.18 bits per heavy atom. The summed E-state index contributed by atoms with van der Waals surface area (Å²) in [5.74, 6) is 0. The van der Waals surface area contributed by atoms with E-state index in [9.17, 15) is 28.8 Å². The molecule has 22 heavy (non-hydrogen) atoms. The van der Waals surface area contributed by atoms with Crippen molar-refractivity contribution in [2.75, 3.05) is 10.6 Å². The van der Waals surface area contributed by atoms with Crippen LogP contribution in [-0.2, 0) is 19.2 Å². The van der Waals surface area contributed by atoms with Crippen molar-refractivity contribution in [3.63, 3.8) is 0 Å². The lowest BCUT2D eigenvalue weighted by Gasteiger charge is -2.11. The molecule has 1 aromatic carbocycles. The fourth-order valence-corrected chi connectivity index (χ4v) is 1.25. The molecule has 0 saturated carbocycles. The fraction of sp³-hybridized carbons (Fsp3) is 0. The van der Waals surface area contributed by atoms with Gasteiger partial charge in [0, 0.05) is 11.4 Å². The summed E-state index contributed by atoms with van der Waals surface area (Å²) in [7, 11) is 0. The fourth-order valence-electron chi connectivity index (χ4n) is 1.25. The highest BCUT2D eigenvalue weighted by molar-refractivity contribution is 6.04. The van der Waals surface area contributed by atoms with Gasteiger partial charge in [0.1, 0.15) is 0 Å². The molecule has 0 aliphatic rings. The van der Waals surface area contributed by atoms with Crippen LogP contribution in [0.5, 0.6) is 0 Å². The van der Waals surface area contributed by atoms with E-state index in [2.05, 4.69) is 10.6 Å². The molecule has 2 N–H and O–H groups in total. The van der Waals surface area contributed by atoms with Gasteiger partial charge in [0.25, 0.3) is 0 Å². The summed E-state index contributed by atoms with van der Waals surface area (Å²) in [4.78, 5) is 64.9. The number of anilines is 2. The molecule has 0 aromatic heterocycles. The monoisotopic (exact) mass is 306 g/mol. The van der Waals surface area contributed by atoms with Crippen LogP contribution in [0, 0.1) is 0 Å². The molecule has 0 fully saturated rings. The van der Waals surface area contributed by atoms with E-state index in [1.54, 1.807) is 0 Å². The number of imide groups is 6. The third kappa shape index (κ3) is 4.23. The zero-order valence-corrected chi connectivity index (χ0v) is 11.0. The van der Waals surface area contributed by atoms with Gasteiger partial charge in [0.05, 0.1) is 0 Å². The van der Waals surface area contributed by atoms with Crippen LogP contribution in [0.2, 0.25) is 0 Å². The van der Waals surface area contributed by atoms with Crippen molar-refractivity contribution < 1.29 is 28.8 Å². The van der Waals surface area contributed by atoms with Crippen molar-refractivity contribution in [3.05, 3.63) is 24.3 Å². The summed E-state index contributed by atoms with van der Waals surface area (Å²) in [6.45, 7) is 0. The summed E-state index contributed by atoms with van der Waals surface area (Å²) in [6, 6.07) is 3.58. The Morgan fingerprint density at radius 1 is 0.682 bits per heavy atom. The maximum atomic E-state index is 11.4. The SMILES string of the molecule is O=CN(C=O)C(=O)Nc1ccc(NC(=O)N(C=O)C=O)cc1. The van der Waals surface area contributed by atoms with Crippen molar-refractivity contribution in [2.45, 2.75) is 0 Å². The van der Waals surface area contributed by atoms with Gasteiger partial charge < -0.3 is 10.6 Å². The second-order valence-electron chi connectivity index (χ2n) is 3.67. The number of carbonyl (C=O) groups excluding carboxylic acids is 6. The average molecular weight is 306 g/mol. The van der Waals surface area contributed by atoms with Gasteiger partial charge >= 0.3 is 12.1 Å². The Labute approximate surface area is 123 Å². The van der Waals surface area contributed by atoms with E-state index in [4.69, 9.17) is 0 Å². The van der Waals surface area contributed by atoms with Gasteiger partial charge in [-0.1, -0.05) is 0 Å². The number of hydrogen-bond acceptors (Lipinski definition) is 6. The molecule has 0 atom stereocenters. The lowest BCUT2D eigenvalue weighted by Crippen LogP contribution is -2.32. The molecule has 8 amide bonds. The molecule has 0 radical (unpaired) electrons. The van der Waals surface area contributed by atoms with Gasteiger partial charge in [0.2, 0.25) is 25.6 Å². The molecule has 1 rings (SSSR count). The van der Waals surface area contributed by atoms with Gasteiger partial charge in [-0.25, -0.2) is 19.4 Å². The molecule has 10 heteroatoms. The van der Waals surface area contributed by atoms with Crippen LogP contribution in [0.1, 0.15) is 0 Å². The number of nitrogens with one attached hydrogen (secondary N) is 2. The van der Waals surface area contributed by atoms with Crippen molar-refractivity contribution in [3.8, 4) is 0 Å². The molecule has 10 nitrogen and oxygen atoms in total. The smallest absolute Gasteiger partial charge is 0.307 e. The lowest BCUT2D eigenvalue weighted by atomic mass is 10.3. The molecule has 0 unspecified atom stereocenters. The molecule has 0 saturated heterocycles. The van der Waals surface area contributed by atoms with Crippen molar-refractivity contribution >= 4 is 49.1 Å². The highest BCUT2D eigenvalue weighted by atomic mass is 16.2. The van der Waals surface area contributed by atoms with Crippen molar-refractivity contribution in [1.29, 1.82) is 0 Å². The summed E-state index contributed by atoms with van der Waals surface area (Å²) in [5, 5.41) is 4.52. The lowest BCUT2D eigenvalue weighted by molar-refractivity contribution is -0.127. The second-order valence-corrected chi connectivity index (χ2v) is 3.67. The molecule has 0 heterocycles. The minimum atomic E-state index is -0.949. The molecule has 114 valence electrons.